The maximum Gasteiger partial charge on any atom is 0.141 e. The minimum atomic E-state index is -0.276. The van der Waals surface area contributed by atoms with E-state index in [-0.39, 0.29) is 11.9 Å². The van der Waals surface area contributed by atoms with Gasteiger partial charge in [0, 0.05) is 12.6 Å². The molecule has 1 aliphatic rings. The normalized spacial score (nSPS) is 22.9. The minimum Gasteiger partial charge on any atom is -0.311 e. The second-order valence-electron chi connectivity index (χ2n) is 5.84. The van der Waals surface area contributed by atoms with Gasteiger partial charge in [-0.05, 0) is 50.9 Å². The van der Waals surface area contributed by atoms with E-state index in [1.54, 1.807) is 6.07 Å². The van der Waals surface area contributed by atoms with Crippen LogP contribution in [0.15, 0.2) is 18.3 Å². The van der Waals surface area contributed by atoms with Gasteiger partial charge in [-0.25, -0.2) is 4.39 Å². The molecule has 1 aliphatic heterocycles. The number of nitrogens with zero attached hydrogens (tertiary/aromatic N) is 2. The van der Waals surface area contributed by atoms with Crippen LogP contribution in [-0.2, 0) is 0 Å². The van der Waals surface area contributed by atoms with Crippen LogP contribution in [0.25, 0.3) is 0 Å². The minimum absolute atomic E-state index is 0.175. The third-order valence-electron chi connectivity index (χ3n) is 4.44. The molecule has 3 atom stereocenters. The maximum absolute atomic E-state index is 13.0. The highest BCUT2D eigenvalue weighted by molar-refractivity contribution is 5.11. The molecule has 0 aromatic carbocycles. The Balaban J connectivity index is 2.01. The van der Waals surface area contributed by atoms with Gasteiger partial charge in [0.1, 0.15) is 5.82 Å². The lowest BCUT2D eigenvalue weighted by Gasteiger charge is -2.30. The van der Waals surface area contributed by atoms with E-state index in [0.717, 1.165) is 18.3 Å². The molecule has 1 fully saturated rings. The molecule has 0 bridgehead atoms. The van der Waals surface area contributed by atoms with Crippen LogP contribution >= 0.6 is 0 Å². The molecule has 20 heavy (non-hydrogen) atoms. The van der Waals surface area contributed by atoms with Gasteiger partial charge in [-0.1, -0.05) is 13.8 Å². The lowest BCUT2D eigenvalue weighted by atomic mass is 9.97. The molecule has 112 valence electrons. The average molecular weight is 279 g/mol. The lowest BCUT2D eigenvalue weighted by Crippen LogP contribution is -2.37. The van der Waals surface area contributed by atoms with Crippen molar-refractivity contribution in [3.63, 3.8) is 0 Å². The van der Waals surface area contributed by atoms with Crippen molar-refractivity contribution >= 4 is 0 Å². The summed E-state index contributed by atoms with van der Waals surface area (Å²) in [5, 5.41) is 3.33. The smallest absolute Gasteiger partial charge is 0.141 e. The fourth-order valence-corrected chi connectivity index (χ4v) is 3.37. The van der Waals surface area contributed by atoms with Crippen LogP contribution in [0.1, 0.15) is 44.8 Å². The van der Waals surface area contributed by atoms with Crippen molar-refractivity contribution in [2.45, 2.75) is 45.2 Å². The van der Waals surface area contributed by atoms with Gasteiger partial charge in [-0.2, -0.15) is 0 Å². The Labute approximate surface area is 121 Å². The Morgan fingerprint density at radius 2 is 2.30 bits per heavy atom. The molecule has 3 nitrogen and oxygen atoms in total. The number of pyridine rings is 1. The van der Waals surface area contributed by atoms with E-state index in [2.05, 4.69) is 29.0 Å². The highest BCUT2D eigenvalue weighted by atomic mass is 19.1. The SMILES string of the molecule is CCC1CCCN1CC(C)C(NC)c1ccc(F)cn1. The van der Waals surface area contributed by atoms with E-state index in [9.17, 15) is 4.39 Å². The number of halogens is 1. The van der Waals surface area contributed by atoms with Gasteiger partial charge in [0.15, 0.2) is 0 Å². The summed E-state index contributed by atoms with van der Waals surface area (Å²) in [6.07, 6.45) is 5.16. The van der Waals surface area contributed by atoms with Crippen molar-refractivity contribution in [2.24, 2.45) is 5.92 Å². The van der Waals surface area contributed by atoms with Crippen molar-refractivity contribution in [2.75, 3.05) is 20.1 Å². The van der Waals surface area contributed by atoms with Gasteiger partial charge in [0.05, 0.1) is 17.9 Å². The second-order valence-corrected chi connectivity index (χ2v) is 5.84. The van der Waals surface area contributed by atoms with Crippen LogP contribution in [0.3, 0.4) is 0 Å². The van der Waals surface area contributed by atoms with Crippen molar-refractivity contribution in [1.29, 1.82) is 0 Å². The van der Waals surface area contributed by atoms with Crippen LogP contribution in [0.2, 0.25) is 0 Å². The summed E-state index contributed by atoms with van der Waals surface area (Å²) in [6.45, 7) is 6.79. The number of likely N-dealkylation sites (tertiary alicyclic amines) is 1. The predicted octanol–water partition coefficient (Wildman–Crippen LogP) is 2.99. The van der Waals surface area contributed by atoms with Crippen LogP contribution in [-0.4, -0.2) is 36.1 Å². The van der Waals surface area contributed by atoms with E-state index >= 15 is 0 Å². The van der Waals surface area contributed by atoms with Gasteiger partial charge in [-0.15, -0.1) is 0 Å². The largest absolute Gasteiger partial charge is 0.311 e. The summed E-state index contributed by atoms with van der Waals surface area (Å²) in [5.74, 6) is 0.173. The Bertz CT molecular complexity index is 407. The van der Waals surface area contributed by atoms with Gasteiger partial charge in [0.2, 0.25) is 0 Å². The zero-order valence-corrected chi connectivity index (χ0v) is 12.8. The molecule has 1 N–H and O–H groups in total. The first-order valence-corrected chi connectivity index (χ1v) is 7.68. The number of aromatic nitrogens is 1. The van der Waals surface area contributed by atoms with Crippen molar-refractivity contribution in [3.8, 4) is 0 Å². The molecular formula is C16H26FN3. The highest BCUT2D eigenvalue weighted by Crippen LogP contribution is 2.26. The lowest BCUT2D eigenvalue weighted by molar-refractivity contribution is 0.194. The van der Waals surface area contributed by atoms with E-state index in [1.807, 2.05) is 7.05 Å². The van der Waals surface area contributed by atoms with E-state index in [4.69, 9.17) is 0 Å². The Hall–Kier alpha value is -1.00. The number of nitrogens with one attached hydrogen (secondary N) is 1. The molecule has 1 aromatic heterocycles. The molecule has 4 heteroatoms. The van der Waals surface area contributed by atoms with E-state index in [0.29, 0.717) is 5.92 Å². The topological polar surface area (TPSA) is 28.2 Å². The standard InChI is InChI=1S/C16H26FN3/c1-4-14-6-5-9-20(14)11-12(2)16(18-3)15-8-7-13(17)10-19-15/h7-8,10,12,14,16,18H,4-6,9,11H2,1-3H3. The third kappa shape index (κ3) is 3.55. The first-order valence-electron chi connectivity index (χ1n) is 7.68. The van der Waals surface area contributed by atoms with Crippen LogP contribution in [0, 0.1) is 11.7 Å². The maximum atomic E-state index is 13.0. The number of rotatable bonds is 6. The van der Waals surface area contributed by atoms with Crippen LogP contribution < -0.4 is 5.32 Å². The van der Waals surface area contributed by atoms with Crippen LogP contribution in [0.4, 0.5) is 4.39 Å². The van der Waals surface area contributed by atoms with E-state index < -0.39 is 0 Å². The molecule has 0 amide bonds. The molecule has 0 aliphatic carbocycles. The molecule has 1 aromatic rings. The average Bonchev–Trinajstić information content (AvgIpc) is 2.89. The third-order valence-corrected chi connectivity index (χ3v) is 4.44. The van der Waals surface area contributed by atoms with Gasteiger partial charge in [0.25, 0.3) is 0 Å². The Morgan fingerprint density at radius 1 is 1.50 bits per heavy atom. The van der Waals surface area contributed by atoms with Crippen molar-refractivity contribution in [1.82, 2.24) is 15.2 Å². The quantitative estimate of drug-likeness (QED) is 0.867. The zero-order chi connectivity index (χ0) is 14.5. The fourth-order valence-electron chi connectivity index (χ4n) is 3.37. The predicted molar refractivity (Wildman–Crippen MR) is 80.0 cm³/mol. The molecule has 0 radical (unpaired) electrons. The molecule has 0 saturated carbocycles. The van der Waals surface area contributed by atoms with Crippen LogP contribution in [0.5, 0.6) is 0 Å². The Kier molecular flexibility index (Phi) is 5.49. The summed E-state index contributed by atoms with van der Waals surface area (Å²) >= 11 is 0. The molecule has 3 unspecified atom stereocenters. The van der Waals surface area contributed by atoms with Crippen molar-refractivity contribution in [3.05, 3.63) is 29.8 Å². The Morgan fingerprint density at radius 3 is 2.90 bits per heavy atom. The molecule has 2 heterocycles. The summed E-state index contributed by atoms with van der Waals surface area (Å²) < 4.78 is 13.0. The summed E-state index contributed by atoms with van der Waals surface area (Å²) in [6, 6.07) is 4.18. The first kappa shape index (κ1) is 15.4. The molecule has 0 spiro atoms. The molecular weight excluding hydrogens is 253 g/mol. The highest BCUT2D eigenvalue weighted by Gasteiger charge is 2.27. The summed E-state index contributed by atoms with van der Waals surface area (Å²) in [5.41, 5.74) is 0.925. The fraction of sp³-hybridized carbons (Fsp3) is 0.688. The van der Waals surface area contributed by atoms with Gasteiger partial charge < -0.3 is 10.2 Å². The number of hydrogen-bond acceptors (Lipinski definition) is 3. The summed E-state index contributed by atoms with van der Waals surface area (Å²) in [4.78, 5) is 6.82. The van der Waals surface area contributed by atoms with Crippen molar-refractivity contribution < 1.29 is 4.39 Å². The van der Waals surface area contributed by atoms with Gasteiger partial charge >= 0.3 is 0 Å². The number of hydrogen-bond donors (Lipinski definition) is 1. The molecule has 2 rings (SSSR count). The van der Waals surface area contributed by atoms with E-state index in [1.165, 1.54) is 38.1 Å². The second kappa shape index (κ2) is 7.14. The first-order chi connectivity index (χ1) is 9.65. The zero-order valence-electron chi connectivity index (χ0n) is 12.8. The summed E-state index contributed by atoms with van der Waals surface area (Å²) in [7, 11) is 1.95. The molecule has 1 saturated heterocycles. The van der Waals surface area contributed by atoms with Gasteiger partial charge in [-0.3, -0.25) is 4.98 Å². The monoisotopic (exact) mass is 279 g/mol.